The van der Waals surface area contributed by atoms with Crippen LogP contribution in [0.25, 0.3) is 16.8 Å². The van der Waals surface area contributed by atoms with Crippen molar-refractivity contribution < 1.29 is 9.53 Å². The molecule has 0 spiro atoms. The Morgan fingerprint density at radius 1 is 1.38 bits per heavy atom. The Bertz CT molecular complexity index is 846. The fourth-order valence-electron chi connectivity index (χ4n) is 1.94. The van der Waals surface area contributed by atoms with E-state index >= 15 is 0 Å². The van der Waals surface area contributed by atoms with Gasteiger partial charge in [0.15, 0.2) is 5.65 Å². The molecule has 3 rings (SSSR count). The first-order valence-corrected chi connectivity index (χ1v) is 6.32. The second-order valence-corrected chi connectivity index (χ2v) is 4.60. The quantitative estimate of drug-likeness (QED) is 0.573. The smallest absolute Gasteiger partial charge is 0.341 e. The molecule has 106 valence electrons. The van der Waals surface area contributed by atoms with Gasteiger partial charge >= 0.3 is 5.97 Å². The molecule has 0 amide bonds. The number of carbonyl (C=O) groups excluding carboxylic acids is 1. The molecule has 0 aliphatic heterocycles. The minimum absolute atomic E-state index is 0.0957. The summed E-state index contributed by atoms with van der Waals surface area (Å²) in [7, 11) is 1.29. The predicted octanol–water partition coefficient (Wildman–Crippen LogP) is 1.81. The number of methoxy groups -OCH3 is 1. The van der Waals surface area contributed by atoms with Gasteiger partial charge in [-0.15, -0.1) is 5.10 Å². The van der Waals surface area contributed by atoms with Crippen LogP contribution in [0.1, 0.15) is 10.4 Å². The first-order chi connectivity index (χ1) is 10.1. The van der Waals surface area contributed by atoms with Crippen LogP contribution < -0.4 is 5.73 Å². The van der Waals surface area contributed by atoms with Gasteiger partial charge in [0.2, 0.25) is 5.95 Å². The van der Waals surface area contributed by atoms with Gasteiger partial charge in [0, 0.05) is 18.0 Å². The van der Waals surface area contributed by atoms with E-state index in [4.69, 9.17) is 17.3 Å². The molecular weight excluding hydrogens is 294 g/mol. The van der Waals surface area contributed by atoms with Gasteiger partial charge in [0.25, 0.3) is 0 Å². The zero-order chi connectivity index (χ0) is 15.0. The molecular formula is C13H10ClN5O2. The van der Waals surface area contributed by atoms with Gasteiger partial charge < -0.3 is 10.5 Å². The number of nitrogens with two attached hydrogens (primary N) is 1. The van der Waals surface area contributed by atoms with Crippen LogP contribution in [0.4, 0.5) is 5.95 Å². The molecule has 0 aliphatic rings. The second-order valence-electron chi connectivity index (χ2n) is 4.24. The highest BCUT2D eigenvalue weighted by Crippen LogP contribution is 2.24. The zero-order valence-electron chi connectivity index (χ0n) is 10.9. The molecule has 0 unspecified atom stereocenters. The van der Waals surface area contributed by atoms with E-state index in [-0.39, 0.29) is 16.7 Å². The average molecular weight is 304 g/mol. The number of pyridine rings is 2. The maximum Gasteiger partial charge on any atom is 0.341 e. The van der Waals surface area contributed by atoms with Crippen molar-refractivity contribution >= 4 is 29.2 Å². The average Bonchev–Trinajstić information content (AvgIpc) is 2.86. The van der Waals surface area contributed by atoms with Crippen LogP contribution in [0, 0.1) is 0 Å². The van der Waals surface area contributed by atoms with Crippen molar-refractivity contribution in [2.24, 2.45) is 0 Å². The molecule has 0 aromatic carbocycles. The van der Waals surface area contributed by atoms with Gasteiger partial charge in [-0.3, -0.25) is 0 Å². The number of hydrogen-bond donors (Lipinski definition) is 1. The van der Waals surface area contributed by atoms with Crippen molar-refractivity contribution in [1.82, 2.24) is 19.6 Å². The molecule has 0 atom stereocenters. The number of nitrogens with zero attached hydrogens (tertiary/aromatic N) is 4. The van der Waals surface area contributed by atoms with Crippen LogP contribution in [0.3, 0.4) is 0 Å². The summed E-state index contributed by atoms with van der Waals surface area (Å²) >= 11 is 5.90. The maximum atomic E-state index is 11.6. The number of rotatable bonds is 2. The molecule has 0 radical (unpaired) electrons. The number of ether oxygens (including phenoxy) is 1. The van der Waals surface area contributed by atoms with Gasteiger partial charge in [-0.25, -0.2) is 14.3 Å². The van der Waals surface area contributed by atoms with E-state index in [0.29, 0.717) is 11.2 Å². The third kappa shape index (κ3) is 2.38. The second kappa shape index (κ2) is 5.02. The topological polar surface area (TPSA) is 95.4 Å². The number of nitrogen functional groups attached to an aromatic ring is 1. The summed E-state index contributed by atoms with van der Waals surface area (Å²) in [6.45, 7) is 0. The predicted molar refractivity (Wildman–Crippen MR) is 77.0 cm³/mol. The molecule has 3 aromatic heterocycles. The van der Waals surface area contributed by atoms with Gasteiger partial charge in [-0.1, -0.05) is 11.6 Å². The Morgan fingerprint density at radius 3 is 2.95 bits per heavy atom. The summed E-state index contributed by atoms with van der Waals surface area (Å²) in [5.41, 5.74) is 7.87. The third-order valence-corrected chi connectivity index (χ3v) is 3.23. The monoisotopic (exact) mass is 303 g/mol. The molecule has 3 aromatic rings. The van der Waals surface area contributed by atoms with Gasteiger partial charge in [-0.05, 0) is 23.8 Å². The minimum atomic E-state index is -0.540. The Hall–Kier alpha value is -2.67. The highest BCUT2D eigenvalue weighted by molar-refractivity contribution is 6.32. The molecule has 8 heteroatoms. The van der Waals surface area contributed by atoms with Gasteiger partial charge in [0.05, 0.1) is 12.7 Å². The van der Waals surface area contributed by atoms with E-state index in [1.54, 1.807) is 29.0 Å². The number of esters is 1. The summed E-state index contributed by atoms with van der Waals surface area (Å²) in [5, 5.41) is 4.09. The molecule has 0 aliphatic carbocycles. The van der Waals surface area contributed by atoms with Crippen LogP contribution >= 0.6 is 11.6 Å². The van der Waals surface area contributed by atoms with Crippen LogP contribution in [-0.4, -0.2) is 32.7 Å². The summed E-state index contributed by atoms with van der Waals surface area (Å²) in [4.78, 5) is 19.7. The van der Waals surface area contributed by atoms with Crippen LogP contribution in [0.2, 0.25) is 5.15 Å². The van der Waals surface area contributed by atoms with E-state index in [2.05, 4.69) is 19.8 Å². The fourth-order valence-corrected chi connectivity index (χ4v) is 2.12. The summed E-state index contributed by atoms with van der Waals surface area (Å²) in [5.74, 6) is -0.348. The van der Waals surface area contributed by atoms with E-state index in [0.717, 1.165) is 5.56 Å². The highest BCUT2D eigenvalue weighted by atomic mass is 35.5. The Morgan fingerprint density at radius 2 is 2.19 bits per heavy atom. The fraction of sp³-hybridized carbons (Fsp3) is 0.0769. The normalized spacial score (nSPS) is 10.8. The maximum absolute atomic E-state index is 11.6. The molecule has 0 saturated heterocycles. The van der Waals surface area contributed by atoms with Crippen molar-refractivity contribution in [2.45, 2.75) is 0 Å². The summed E-state index contributed by atoms with van der Waals surface area (Å²) in [6.07, 6.45) is 3.29. The van der Waals surface area contributed by atoms with E-state index in [1.807, 2.05) is 6.07 Å². The molecule has 0 saturated carbocycles. The van der Waals surface area contributed by atoms with Crippen molar-refractivity contribution in [3.05, 3.63) is 41.3 Å². The summed E-state index contributed by atoms with van der Waals surface area (Å²) < 4.78 is 6.23. The first-order valence-electron chi connectivity index (χ1n) is 5.94. The number of carbonyl (C=O) groups is 1. The number of halogens is 1. The number of fused-ring (bicyclic) bond motifs is 1. The number of anilines is 1. The van der Waals surface area contributed by atoms with Crippen molar-refractivity contribution in [1.29, 1.82) is 0 Å². The molecule has 2 N–H and O–H groups in total. The molecule has 21 heavy (non-hydrogen) atoms. The van der Waals surface area contributed by atoms with E-state index < -0.39 is 5.97 Å². The first kappa shape index (κ1) is 13.3. The molecule has 0 bridgehead atoms. The molecule has 0 fully saturated rings. The lowest BCUT2D eigenvalue weighted by molar-refractivity contribution is 0.0600. The Kier molecular flexibility index (Phi) is 3.19. The summed E-state index contributed by atoms with van der Waals surface area (Å²) in [6, 6.07) is 5.22. The van der Waals surface area contributed by atoms with Crippen LogP contribution in [0.5, 0.6) is 0 Å². The van der Waals surface area contributed by atoms with Gasteiger partial charge in [0.1, 0.15) is 5.15 Å². The largest absolute Gasteiger partial charge is 0.465 e. The Balaban J connectivity index is 2.11. The standard InChI is InChI=1S/C13H10ClN5O2/c1-21-12(20)9-4-8(6-16-11(9)14)7-2-3-19-10(5-7)17-13(15)18-19/h2-6H,1H3,(H2,15,18). The van der Waals surface area contributed by atoms with Crippen molar-refractivity contribution in [3.8, 4) is 11.1 Å². The van der Waals surface area contributed by atoms with Crippen molar-refractivity contribution in [3.63, 3.8) is 0 Å². The van der Waals surface area contributed by atoms with Gasteiger partial charge in [-0.2, -0.15) is 4.98 Å². The van der Waals surface area contributed by atoms with Crippen LogP contribution in [0.15, 0.2) is 30.6 Å². The number of aromatic nitrogens is 4. The Labute approximate surface area is 124 Å². The lowest BCUT2D eigenvalue weighted by atomic mass is 10.1. The van der Waals surface area contributed by atoms with Crippen LogP contribution in [-0.2, 0) is 4.74 Å². The van der Waals surface area contributed by atoms with Crippen molar-refractivity contribution in [2.75, 3.05) is 12.8 Å². The lowest BCUT2D eigenvalue weighted by Crippen LogP contribution is -2.03. The number of hydrogen-bond acceptors (Lipinski definition) is 6. The minimum Gasteiger partial charge on any atom is -0.465 e. The molecule has 3 heterocycles. The highest BCUT2D eigenvalue weighted by Gasteiger charge is 2.14. The van der Waals surface area contributed by atoms with E-state index in [1.165, 1.54) is 7.11 Å². The lowest BCUT2D eigenvalue weighted by Gasteiger charge is -2.06. The SMILES string of the molecule is COC(=O)c1cc(-c2ccn3nc(N)nc3c2)cnc1Cl. The molecule has 7 nitrogen and oxygen atoms in total. The zero-order valence-corrected chi connectivity index (χ0v) is 11.7. The van der Waals surface area contributed by atoms with E-state index in [9.17, 15) is 4.79 Å². The third-order valence-electron chi connectivity index (χ3n) is 2.93.